The Morgan fingerprint density at radius 3 is 2.11 bits per heavy atom. The van der Waals surface area contributed by atoms with Crippen LogP contribution in [0.4, 0.5) is 26.3 Å². The second-order valence-corrected chi connectivity index (χ2v) is 7.39. The van der Waals surface area contributed by atoms with E-state index in [0.29, 0.717) is 11.9 Å². The first kappa shape index (κ1) is 29.1. The van der Waals surface area contributed by atoms with Gasteiger partial charge in [-0.15, -0.1) is 0 Å². The number of fused-ring (bicyclic) bond motifs is 2. The molecule has 2 aromatic heterocycles. The van der Waals surface area contributed by atoms with E-state index in [2.05, 4.69) is 9.72 Å². The van der Waals surface area contributed by atoms with Crippen molar-refractivity contribution in [2.24, 2.45) is 0 Å². The maximum absolute atomic E-state index is 14.0. The first-order chi connectivity index (χ1) is 17.6. The van der Waals surface area contributed by atoms with E-state index in [1.54, 1.807) is 30.5 Å². The van der Waals surface area contributed by atoms with Crippen LogP contribution in [0.1, 0.15) is 25.5 Å². The summed E-state index contributed by atoms with van der Waals surface area (Å²) in [5.41, 5.74) is 0.665. The topological polar surface area (TPSA) is 63.3 Å². The van der Waals surface area contributed by atoms with Crippen molar-refractivity contribution in [3.05, 3.63) is 96.8 Å². The number of alkyl halides is 2. The standard InChI is InChI=1S/C15H15F2NO2.C9H8NO.C2F4/c1-2-3-10-20-14(19)15(16,17)13-9-8-11-6-4-5-7-12(11)18-13;11-10-7-3-5-8-4-1-2-6-9(8)10;3-1(4)2(5)6/h4-9H,2-3,10H2,1H3;1-7,11H;/q;+1;. The Kier molecular flexibility index (Phi) is 10.9. The average molecular weight is 525 g/mol. The van der Waals surface area contributed by atoms with Crippen LogP contribution in [-0.2, 0) is 15.5 Å². The van der Waals surface area contributed by atoms with Crippen molar-refractivity contribution in [2.45, 2.75) is 25.7 Å². The number of para-hydroxylation sites is 2. The van der Waals surface area contributed by atoms with E-state index in [4.69, 9.17) is 0 Å². The smallest absolute Gasteiger partial charge is 0.384 e. The lowest BCUT2D eigenvalue weighted by Crippen LogP contribution is -2.29. The van der Waals surface area contributed by atoms with Crippen molar-refractivity contribution in [2.75, 3.05) is 6.61 Å². The number of ether oxygens (including phenoxy) is 1. The van der Waals surface area contributed by atoms with Crippen LogP contribution in [0.3, 0.4) is 0 Å². The van der Waals surface area contributed by atoms with Gasteiger partial charge < -0.3 is 4.74 Å². The molecule has 0 radical (unpaired) electrons. The van der Waals surface area contributed by atoms with Gasteiger partial charge in [-0.3, -0.25) is 5.21 Å². The Morgan fingerprint density at radius 1 is 0.892 bits per heavy atom. The summed E-state index contributed by atoms with van der Waals surface area (Å²) in [4.78, 5) is 15.3. The van der Waals surface area contributed by atoms with E-state index < -0.39 is 29.7 Å². The molecule has 11 heteroatoms. The highest BCUT2D eigenvalue weighted by molar-refractivity contribution is 5.82. The summed E-state index contributed by atoms with van der Waals surface area (Å²) in [5, 5.41) is 11.1. The van der Waals surface area contributed by atoms with E-state index in [-0.39, 0.29) is 6.61 Å². The first-order valence-corrected chi connectivity index (χ1v) is 10.9. The predicted molar refractivity (Wildman–Crippen MR) is 124 cm³/mol. The number of carbonyl (C=O) groups excluding carboxylic acids is 1. The Balaban J connectivity index is 0.000000235. The van der Waals surface area contributed by atoms with Crippen molar-refractivity contribution in [1.29, 1.82) is 0 Å². The largest absolute Gasteiger partial charge is 0.461 e. The predicted octanol–water partition coefficient (Wildman–Crippen LogP) is 7.03. The monoisotopic (exact) mass is 525 g/mol. The van der Waals surface area contributed by atoms with Crippen molar-refractivity contribution >= 4 is 27.8 Å². The first-order valence-electron chi connectivity index (χ1n) is 10.9. The summed E-state index contributed by atoms with van der Waals surface area (Å²) in [6.07, 6.45) is -2.87. The van der Waals surface area contributed by atoms with Crippen LogP contribution < -0.4 is 4.73 Å². The van der Waals surface area contributed by atoms with Gasteiger partial charge in [0.25, 0.3) is 5.52 Å². The molecule has 2 aromatic carbocycles. The second kappa shape index (κ2) is 13.8. The third-order valence-electron chi connectivity index (χ3n) is 4.74. The molecule has 196 valence electrons. The van der Waals surface area contributed by atoms with Crippen molar-refractivity contribution < 1.29 is 45.8 Å². The zero-order valence-electron chi connectivity index (χ0n) is 19.6. The molecular weight excluding hydrogens is 502 g/mol. The van der Waals surface area contributed by atoms with Gasteiger partial charge in [-0.05, 0) is 30.7 Å². The molecule has 0 aliphatic heterocycles. The lowest BCUT2D eigenvalue weighted by atomic mass is 10.1. The second-order valence-electron chi connectivity index (χ2n) is 7.39. The Morgan fingerprint density at radius 2 is 1.49 bits per heavy atom. The van der Waals surface area contributed by atoms with Crippen LogP contribution in [0.5, 0.6) is 0 Å². The van der Waals surface area contributed by atoms with Gasteiger partial charge >= 0.3 is 24.1 Å². The number of hydrogen-bond donors (Lipinski definition) is 1. The molecule has 0 saturated heterocycles. The summed E-state index contributed by atoms with van der Waals surface area (Å²) in [7, 11) is 0. The molecule has 0 fully saturated rings. The van der Waals surface area contributed by atoms with E-state index in [1.807, 2.05) is 43.3 Å². The molecule has 4 rings (SSSR count). The summed E-state index contributed by atoms with van der Waals surface area (Å²) in [6.45, 7) is 1.88. The third-order valence-corrected chi connectivity index (χ3v) is 4.74. The summed E-state index contributed by atoms with van der Waals surface area (Å²) in [6, 6.07) is 21.0. The summed E-state index contributed by atoms with van der Waals surface area (Å²) < 4.78 is 74.8. The van der Waals surface area contributed by atoms with Crippen molar-refractivity contribution in [3.63, 3.8) is 0 Å². The Bertz CT molecular complexity index is 1340. The highest BCUT2D eigenvalue weighted by atomic mass is 19.3. The van der Waals surface area contributed by atoms with Crippen LogP contribution in [0.25, 0.3) is 21.8 Å². The summed E-state index contributed by atoms with van der Waals surface area (Å²) in [5.74, 6) is -5.27. The number of nitrogens with zero attached hydrogens (tertiary/aromatic N) is 2. The molecule has 4 aromatic rings. The van der Waals surface area contributed by atoms with Gasteiger partial charge in [0.05, 0.1) is 17.5 Å². The van der Waals surface area contributed by atoms with Gasteiger partial charge in [0.1, 0.15) is 5.69 Å². The number of benzene rings is 2. The molecule has 37 heavy (non-hydrogen) atoms. The molecule has 0 atom stereocenters. The fourth-order valence-electron chi connectivity index (χ4n) is 2.89. The number of aromatic nitrogens is 2. The summed E-state index contributed by atoms with van der Waals surface area (Å²) >= 11 is 0. The molecule has 2 heterocycles. The van der Waals surface area contributed by atoms with Crippen LogP contribution in [0.2, 0.25) is 0 Å². The average Bonchev–Trinajstić information content (AvgIpc) is 2.89. The van der Waals surface area contributed by atoms with Gasteiger partial charge in [0.2, 0.25) is 6.20 Å². The van der Waals surface area contributed by atoms with Gasteiger partial charge in [-0.1, -0.05) is 49.7 Å². The molecule has 0 saturated carbocycles. The molecular formula is C26H23F6N2O3+. The fourth-order valence-corrected chi connectivity index (χ4v) is 2.89. The van der Waals surface area contributed by atoms with E-state index in [1.165, 1.54) is 6.07 Å². The highest BCUT2D eigenvalue weighted by Crippen LogP contribution is 2.29. The molecule has 5 nitrogen and oxygen atoms in total. The van der Waals surface area contributed by atoms with E-state index >= 15 is 0 Å². The van der Waals surface area contributed by atoms with Gasteiger partial charge in [-0.25, -0.2) is 9.78 Å². The van der Waals surface area contributed by atoms with Crippen LogP contribution in [-0.4, -0.2) is 22.8 Å². The maximum Gasteiger partial charge on any atom is 0.384 e. The van der Waals surface area contributed by atoms with Gasteiger partial charge in [0, 0.05) is 22.2 Å². The highest BCUT2D eigenvalue weighted by Gasteiger charge is 2.44. The molecule has 1 N–H and O–H groups in total. The van der Waals surface area contributed by atoms with Gasteiger partial charge in [-0.2, -0.15) is 26.3 Å². The number of carbonyl (C=O) groups is 1. The van der Waals surface area contributed by atoms with Gasteiger partial charge in [0.15, 0.2) is 0 Å². The maximum atomic E-state index is 14.0. The zero-order valence-corrected chi connectivity index (χ0v) is 19.6. The van der Waals surface area contributed by atoms with E-state index in [0.717, 1.165) is 33.5 Å². The van der Waals surface area contributed by atoms with Crippen molar-refractivity contribution in [1.82, 2.24) is 4.98 Å². The lowest BCUT2D eigenvalue weighted by molar-refractivity contribution is -0.884. The molecule has 0 amide bonds. The quantitative estimate of drug-likeness (QED) is 0.1000. The number of halogens is 6. The number of pyridine rings is 2. The molecule has 0 bridgehead atoms. The SMILES string of the molecule is CCCCOC(=O)C(F)(F)c1ccc2ccccc2n1.FC(F)=C(F)F.O[n+]1cccc2ccccc21. The third kappa shape index (κ3) is 8.48. The van der Waals surface area contributed by atoms with Crippen LogP contribution in [0.15, 0.2) is 91.2 Å². The number of esters is 1. The van der Waals surface area contributed by atoms with Crippen molar-refractivity contribution in [3.8, 4) is 0 Å². The number of unbranched alkanes of at least 4 members (excludes halogenated alkanes) is 1. The minimum Gasteiger partial charge on any atom is -0.461 e. The minimum atomic E-state index is -3.72. The molecule has 0 spiro atoms. The lowest BCUT2D eigenvalue weighted by Gasteiger charge is -2.15. The van der Waals surface area contributed by atoms with Crippen LogP contribution in [0, 0.1) is 0 Å². The minimum absolute atomic E-state index is 0.00148. The molecule has 0 aliphatic carbocycles. The van der Waals surface area contributed by atoms with E-state index in [9.17, 15) is 36.3 Å². The van der Waals surface area contributed by atoms with Crippen LogP contribution >= 0.6 is 0 Å². The fraction of sp³-hybridized carbons (Fsp3) is 0.192. The number of hydrogen-bond acceptors (Lipinski definition) is 4. The number of rotatable bonds is 5. The normalized spacial score (nSPS) is 10.6. The molecule has 0 aliphatic rings. The molecule has 0 unspecified atom stereocenters. The Hall–Kier alpha value is -4.15. The Labute approximate surface area is 208 Å². The zero-order chi connectivity index (χ0) is 27.4.